The van der Waals surface area contributed by atoms with E-state index in [1.165, 1.54) is 0 Å². The standard InChI is InChI=1S/C15H24O3/c1-10-3-4-12-11(9-10)5-7-15(2,18)14(12)13(17)6-8-16/h5,7,10-12,14,16,18H,3-4,6,8-9H2,1-2H3. The molecule has 2 aliphatic carbocycles. The summed E-state index contributed by atoms with van der Waals surface area (Å²) in [4.78, 5) is 12.2. The molecule has 0 bridgehead atoms. The van der Waals surface area contributed by atoms with Gasteiger partial charge in [-0.05, 0) is 37.5 Å². The summed E-state index contributed by atoms with van der Waals surface area (Å²) in [6, 6.07) is 0. The van der Waals surface area contributed by atoms with Gasteiger partial charge >= 0.3 is 0 Å². The van der Waals surface area contributed by atoms with Crippen LogP contribution in [0.15, 0.2) is 12.2 Å². The summed E-state index contributed by atoms with van der Waals surface area (Å²) in [7, 11) is 0. The number of carbonyl (C=O) groups excluding carboxylic acids is 1. The van der Waals surface area contributed by atoms with E-state index in [9.17, 15) is 9.90 Å². The summed E-state index contributed by atoms with van der Waals surface area (Å²) >= 11 is 0. The number of carbonyl (C=O) groups is 1. The number of aliphatic hydroxyl groups is 2. The molecule has 102 valence electrons. The Kier molecular flexibility index (Phi) is 3.93. The fourth-order valence-electron chi connectivity index (χ4n) is 3.77. The third-order valence-electron chi connectivity index (χ3n) is 4.66. The highest BCUT2D eigenvalue weighted by Crippen LogP contribution is 2.46. The van der Waals surface area contributed by atoms with Crippen molar-refractivity contribution in [3.8, 4) is 0 Å². The van der Waals surface area contributed by atoms with Gasteiger partial charge in [0.1, 0.15) is 5.78 Å². The van der Waals surface area contributed by atoms with E-state index in [1.54, 1.807) is 13.0 Å². The second-order valence-electron chi connectivity index (χ2n) is 6.25. The molecule has 0 aromatic rings. The first kappa shape index (κ1) is 13.8. The molecule has 5 atom stereocenters. The van der Waals surface area contributed by atoms with Crippen molar-refractivity contribution in [2.45, 2.75) is 45.1 Å². The van der Waals surface area contributed by atoms with E-state index in [1.807, 2.05) is 0 Å². The average molecular weight is 252 g/mol. The zero-order valence-electron chi connectivity index (χ0n) is 11.3. The maximum absolute atomic E-state index is 12.2. The number of Topliss-reactive ketones (excluding diaryl/α,β-unsaturated/α-hetero) is 1. The van der Waals surface area contributed by atoms with Gasteiger partial charge < -0.3 is 10.2 Å². The van der Waals surface area contributed by atoms with Gasteiger partial charge in [-0.25, -0.2) is 0 Å². The molecule has 3 nitrogen and oxygen atoms in total. The van der Waals surface area contributed by atoms with Crippen LogP contribution in [0.2, 0.25) is 0 Å². The molecule has 0 amide bonds. The number of fused-ring (bicyclic) bond motifs is 1. The second kappa shape index (κ2) is 5.14. The van der Waals surface area contributed by atoms with Crippen LogP contribution < -0.4 is 0 Å². The molecule has 0 aliphatic heterocycles. The Morgan fingerprint density at radius 2 is 2.17 bits per heavy atom. The minimum Gasteiger partial charge on any atom is -0.396 e. The first-order valence-corrected chi connectivity index (χ1v) is 7.01. The number of ketones is 1. The van der Waals surface area contributed by atoms with Gasteiger partial charge in [0.25, 0.3) is 0 Å². The fraction of sp³-hybridized carbons (Fsp3) is 0.800. The second-order valence-corrected chi connectivity index (χ2v) is 6.25. The summed E-state index contributed by atoms with van der Waals surface area (Å²) in [5.41, 5.74) is -1.05. The van der Waals surface area contributed by atoms with E-state index in [4.69, 9.17) is 5.11 Å². The lowest BCUT2D eigenvalue weighted by Gasteiger charge is -2.46. The molecule has 0 heterocycles. The fourth-order valence-corrected chi connectivity index (χ4v) is 3.77. The molecule has 18 heavy (non-hydrogen) atoms. The van der Waals surface area contributed by atoms with Gasteiger partial charge in [0.15, 0.2) is 0 Å². The van der Waals surface area contributed by atoms with Crippen molar-refractivity contribution in [2.24, 2.45) is 23.7 Å². The summed E-state index contributed by atoms with van der Waals surface area (Å²) in [6.45, 7) is 3.85. The summed E-state index contributed by atoms with van der Waals surface area (Å²) < 4.78 is 0. The number of hydrogen-bond acceptors (Lipinski definition) is 3. The van der Waals surface area contributed by atoms with Crippen molar-refractivity contribution in [3.05, 3.63) is 12.2 Å². The Labute approximate surface area is 109 Å². The van der Waals surface area contributed by atoms with Crippen LogP contribution in [0.1, 0.15) is 39.5 Å². The largest absolute Gasteiger partial charge is 0.396 e. The van der Waals surface area contributed by atoms with Crippen LogP contribution in [0.4, 0.5) is 0 Å². The molecule has 2 aliphatic rings. The van der Waals surface area contributed by atoms with Crippen molar-refractivity contribution in [3.63, 3.8) is 0 Å². The van der Waals surface area contributed by atoms with Gasteiger partial charge in [0, 0.05) is 13.0 Å². The van der Waals surface area contributed by atoms with Gasteiger partial charge in [-0.15, -0.1) is 0 Å². The van der Waals surface area contributed by atoms with Crippen molar-refractivity contribution >= 4 is 5.78 Å². The Morgan fingerprint density at radius 3 is 2.83 bits per heavy atom. The Morgan fingerprint density at radius 1 is 1.44 bits per heavy atom. The third kappa shape index (κ3) is 2.52. The molecule has 3 heteroatoms. The lowest BCUT2D eigenvalue weighted by atomic mass is 9.60. The number of aliphatic hydroxyl groups excluding tert-OH is 1. The first-order chi connectivity index (χ1) is 8.45. The summed E-state index contributed by atoms with van der Waals surface area (Å²) in [6.07, 6.45) is 7.31. The Hall–Kier alpha value is -0.670. The topological polar surface area (TPSA) is 57.5 Å². The smallest absolute Gasteiger partial charge is 0.141 e. The van der Waals surface area contributed by atoms with Crippen molar-refractivity contribution in [2.75, 3.05) is 6.61 Å². The van der Waals surface area contributed by atoms with Crippen LogP contribution in [0.3, 0.4) is 0 Å². The van der Waals surface area contributed by atoms with Crippen LogP contribution in [0.5, 0.6) is 0 Å². The van der Waals surface area contributed by atoms with Crippen molar-refractivity contribution < 1.29 is 15.0 Å². The van der Waals surface area contributed by atoms with Gasteiger partial charge in [0.2, 0.25) is 0 Å². The molecular weight excluding hydrogens is 228 g/mol. The minimum atomic E-state index is -1.05. The van der Waals surface area contributed by atoms with Gasteiger partial charge in [0.05, 0.1) is 11.5 Å². The highest BCUT2D eigenvalue weighted by molar-refractivity contribution is 5.83. The molecular formula is C15H24O3. The monoisotopic (exact) mass is 252 g/mol. The maximum atomic E-state index is 12.2. The first-order valence-electron chi connectivity index (χ1n) is 7.01. The Balaban J connectivity index is 2.24. The summed E-state index contributed by atoms with van der Waals surface area (Å²) in [5.74, 6) is 1.04. The molecule has 2 N–H and O–H groups in total. The number of allylic oxidation sites excluding steroid dienone is 1. The predicted octanol–water partition coefficient (Wildman–Crippen LogP) is 1.93. The Bertz CT molecular complexity index is 346. The van der Waals surface area contributed by atoms with Crippen molar-refractivity contribution in [1.29, 1.82) is 0 Å². The summed E-state index contributed by atoms with van der Waals surface area (Å²) in [5, 5.41) is 19.4. The van der Waals surface area contributed by atoms with E-state index in [0.717, 1.165) is 19.3 Å². The van der Waals surface area contributed by atoms with E-state index in [2.05, 4.69) is 13.0 Å². The van der Waals surface area contributed by atoms with E-state index < -0.39 is 5.60 Å². The van der Waals surface area contributed by atoms with E-state index in [-0.39, 0.29) is 30.6 Å². The molecule has 0 aromatic carbocycles. The van der Waals surface area contributed by atoms with Crippen LogP contribution >= 0.6 is 0 Å². The lowest BCUT2D eigenvalue weighted by Crippen LogP contribution is -2.49. The molecule has 0 radical (unpaired) electrons. The zero-order valence-corrected chi connectivity index (χ0v) is 11.3. The van der Waals surface area contributed by atoms with Gasteiger partial charge in [-0.1, -0.05) is 25.5 Å². The van der Waals surface area contributed by atoms with E-state index >= 15 is 0 Å². The van der Waals surface area contributed by atoms with Gasteiger partial charge in [-0.2, -0.15) is 0 Å². The molecule has 0 aromatic heterocycles. The van der Waals surface area contributed by atoms with Crippen LogP contribution in [-0.4, -0.2) is 28.2 Å². The predicted molar refractivity (Wildman–Crippen MR) is 70.0 cm³/mol. The van der Waals surface area contributed by atoms with E-state index in [0.29, 0.717) is 11.8 Å². The van der Waals surface area contributed by atoms with Crippen LogP contribution in [0, 0.1) is 23.7 Å². The molecule has 5 unspecified atom stereocenters. The molecule has 2 rings (SSSR count). The average Bonchev–Trinajstić information content (AvgIpc) is 2.29. The third-order valence-corrected chi connectivity index (χ3v) is 4.66. The van der Waals surface area contributed by atoms with Crippen LogP contribution in [-0.2, 0) is 4.79 Å². The molecule has 1 saturated carbocycles. The maximum Gasteiger partial charge on any atom is 0.141 e. The van der Waals surface area contributed by atoms with Gasteiger partial charge in [-0.3, -0.25) is 4.79 Å². The highest BCUT2D eigenvalue weighted by atomic mass is 16.3. The van der Waals surface area contributed by atoms with Crippen LogP contribution in [0.25, 0.3) is 0 Å². The highest BCUT2D eigenvalue weighted by Gasteiger charge is 2.47. The minimum absolute atomic E-state index is 0.0106. The number of rotatable bonds is 3. The van der Waals surface area contributed by atoms with Crippen molar-refractivity contribution in [1.82, 2.24) is 0 Å². The normalized spacial score (nSPS) is 43.6. The molecule has 1 fully saturated rings. The molecule has 0 saturated heterocycles. The quantitative estimate of drug-likeness (QED) is 0.755. The number of hydrogen-bond donors (Lipinski definition) is 2. The SMILES string of the molecule is CC1CCC2C(C=CC(C)(O)C2C(=O)CCO)C1. The lowest BCUT2D eigenvalue weighted by molar-refractivity contribution is -0.136. The molecule has 0 spiro atoms. The zero-order chi connectivity index (χ0) is 13.3.